The van der Waals surface area contributed by atoms with Crippen LogP contribution in [0.1, 0.15) is 16.9 Å². The van der Waals surface area contributed by atoms with Crippen LogP contribution in [0.25, 0.3) is 17.1 Å². The van der Waals surface area contributed by atoms with Gasteiger partial charge in [-0.3, -0.25) is 9.67 Å². The molecular weight excluding hydrogens is 270 g/mol. The summed E-state index contributed by atoms with van der Waals surface area (Å²) < 4.78 is 7.90. The van der Waals surface area contributed by atoms with E-state index in [0.29, 0.717) is 4.77 Å². The molecule has 2 heterocycles. The van der Waals surface area contributed by atoms with E-state index in [-0.39, 0.29) is 0 Å². The lowest BCUT2D eigenvalue weighted by Gasteiger charge is -2.10. The Balaban J connectivity index is 2.30. The Morgan fingerprint density at radius 2 is 2.00 bits per heavy atom. The lowest BCUT2D eigenvalue weighted by molar-refractivity contribution is 0.535. The Bertz CT molecular complexity index is 826. The molecule has 0 fully saturated rings. The molecule has 0 saturated carbocycles. The molecule has 0 aliphatic carbocycles. The van der Waals surface area contributed by atoms with E-state index in [1.165, 1.54) is 5.56 Å². The van der Waals surface area contributed by atoms with Crippen LogP contribution in [0.3, 0.4) is 0 Å². The van der Waals surface area contributed by atoms with E-state index in [9.17, 15) is 0 Å². The number of rotatable bonds is 2. The van der Waals surface area contributed by atoms with Crippen molar-refractivity contribution in [2.45, 2.75) is 20.8 Å². The normalized spacial score (nSPS) is 10.9. The van der Waals surface area contributed by atoms with Gasteiger partial charge in [0.05, 0.1) is 17.5 Å². The maximum atomic E-state index is 5.39. The molecule has 0 aliphatic rings. The Labute approximate surface area is 122 Å². The summed E-state index contributed by atoms with van der Waals surface area (Å²) in [6.45, 7) is 6.05. The molecule has 0 bridgehead atoms. The third kappa shape index (κ3) is 2.00. The molecule has 0 atom stereocenters. The van der Waals surface area contributed by atoms with Crippen molar-refractivity contribution in [2.24, 2.45) is 0 Å². The van der Waals surface area contributed by atoms with Crippen molar-refractivity contribution in [1.82, 2.24) is 14.8 Å². The van der Waals surface area contributed by atoms with Gasteiger partial charge >= 0.3 is 0 Å². The maximum Gasteiger partial charge on any atom is 0.200 e. The van der Waals surface area contributed by atoms with E-state index in [1.54, 1.807) is 6.26 Å². The van der Waals surface area contributed by atoms with Gasteiger partial charge < -0.3 is 4.42 Å². The summed E-state index contributed by atoms with van der Waals surface area (Å²) in [7, 11) is 0. The number of aryl methyl sites for hydroxylation is 3. The Morgan fingerprint density at radius 3 is 2.70 bits per heavy atom. The third-order valence-electron chi connectivity index (χ3n) is 3.38. The molecule has 0 unspecified atom stereocenters. The van der Waals surface area contributed by atoms with Crippen LogP contribution in [-0.2, 0) is 0 Å². The summed E-state index contributed by atoms with van der Waals surface area (Å²) >= 11 is 5.39. The predicted octanol–water partition coefficient (Wildman–Crippen LogP) is 4.12. The minimum Gasteiger partial charge on any atom is -0.469 e. The maximum absolute atomic E-state index is 5.39. The van der Waals surface area contributed by atoms with Crippen molar-refractivity contribution >= 4 is 12.2 Å². The molecule has 2 aromatic heterocycles. The van der Waals surface area contributed by atoms with Crippen molar-refractivity contribution in [3.05, 3.63) is 52.2 Å². The Morgan fingerprint density at radius 1 is 1.20 bits per heavy atom. The molecular formula is C15H15N3OS. The number of hydrogen-bond acceptors (Lipinski definition) is 3. The third-order valence-corrected chi connectivity index (χ3v) is 3.65. The van der Waals surface area contributed by atoms with Crippen LogP contribution in [0, 0.1) is 25.5 Å². The second kappa shape index (κ2) is 4.76. The fourth-order valence-electron chi connectivity index (χ4n) is 2.28. The monoisotopic (exact) mass is 285 g/mol. The van der Waals surface area contributed by atoms with Crippen LogP contribution in [0.5, 0.6) is 0 Å². The highest BCUT2D eigenvalue weighted by atomic mass is 32.1. The minimum absolute atomic E-state index is 0.578. The summed E-state index contributed by atoms with van der Waals surface area (Å²) in [6.07, 6.45) is 1.66. The highest BCUT2D eigenvalue weighted by molar-refractivity contribution is 7.71. The molecule has 5 heteroatoms. The van der Waals surface area contributed by atoms with Crippen molar-refractivity contribution in [1.29, 1.82) is 0 Å². The number of aromatic amines is 1. The average Bonchev–Trinajstić information content (AvgIpc) is 2.98. The lowest BCUT2D eigenvalue weighted by Crippen LogP contribution is -2.01. The number of H-pyrrole nitrogens is 1. The molecule has 0 saturated heterocycles. The van der Waals surface area contributed by atoms with Gasteiger partial charge in [-0.25, -0.2) is 0 Å². The van der Waals surface area contributed by atoms with E-state index in [0.717, 1.165) is 28.4 Å². The summed E-state index contributed by atoms with van der Waals surface area (Å²) in [5.74, 6) is 1.60. The van der Waals surface area contributed by atoms with Crippen LogP contribution < -0.4 is 0 Å². The van der Waals surface area contributed by atoms with Crippen LogP contribution in [0.15, 0.2) is 34.9 Å². The molecule has 1 aromatic carbocycles. The van der Waals surface area contributed by atoms with Crippen LogP contribution in [0.4, 0.5) is 0 Å². The standard InChI is InChI=1S/C15H15N3OS/c1-9-4-5-10(2)13(8-9)18-14(16-17-15(18)20)12-6-7-19-11(12)3/h4-8H,1-3H3,(H,17,20). The predicted molar refractivity (Wildman–Crippen MR) is 80.7 cm³/mol. The molecule has 0 aliphatic heterocycles. The van der Waals surface area contributed by atoms with Gasteiger partial charge in [0.25, 0.3) is 0 Å². The number of hydrogen-bond donors (Lipinski definition) is 1. The first-order valence-electron chi connectivity index (χ1n) is 6.37. The van der Waals surface area contributed by atoms with Crippen molar-refractivity contribution in [3.63, 3.8) is 0 Å². The van der Waals surface area contributed by atoms with Gasteiger partial charge in [-0.2, -0.15) is 5.10 Å². The topological polar surface area (TPSA) is 46.8 Å². The van der Waals surface area contributed by atoms with Gasteiger partial charge in [0.1, 0.15) is 5.76 Å². The lowest BCUT2D eigenvalue weighted by atomic mass is 10.1. The zero-order valence-corrected chi connectivity index (χ0v) is 12.4. The quantitative estimate of drug-likeness (QED) is 0.721. The minimum atomic E-state index is 0.578. The second-order valence-corrected chi connectivity index (χ2v) is 5.25. The van der Waals surface area contributed by atoms with Gasteiger partial charge in [0.15, 0.2) is 10.6 Å². The van der Waals surface area contributed by atoms with Crippen LogP contribution >= 0.6 is 12.2 Å². The first-order valence-corrected chi connectivity index (χ1v) is 6.78. The summed E-state index contributed by atoms with van der Waals surface area (Å²) in [4.78, 5) is 0. The highest BCUT2D eigenvalue weighted by Crippen LogP contribution is 2.27. The van der Waals surface area contributed by atoms with E-state index >= 15 is 0 Å². The molecule has 20 heavy (non-hydrogen) atoms. The average molecular weight is 285 g/mol. The smallest absolute Gasteiger partial charge is 0.200 e. The molecule has 0 amide bonds. The number of benzene rings is 1. The van der Waals surface area contributed by atoms with Crippen molar-refractivity contribution in [3.8, 4) is 17.1 Å². The summed E-state index contributed by atoms with van der Waals surface area (Å²) in [5, 5.41) is 7.22. The Kier molecular flexibility index (Phi) is 3.06. The van der Waals surface area contributed by atoms with Crippen molar-refractivity contribution < 1.29 is 4.42 Å². The number of furan rings is 1. The summed E-state index contributed by atoms with van der Waals surface area (Å²) in [6, 6.07) is 8.19. The number of nitrogens with one attached hydrogen (secondary N) is 1. The Hall–Kier alpha value is -2.14. The first-order chi connectivity index (χ1) is 9.58. The van der Waals surface area contributed by atoms with E-state index in [1.807, 2.05) is 17.6 Å². The summed E-state index contributed by atoms with van der Waals surface area (Å²) in [5.41, 5.74) is 4.32. The zero-order chi connectivity index (χ0) is 14.3. The molecule has 3 rings (SSSR count). The molecule has 102 valence electrons. The fraction of sp³-hybridized carbons (Fsp3) is 0.200. The van der Waals surface area contributed by atoms with Crippen LogP contribution in [0.2, 0.25) is 0 Å². The van der Waals surface area contributed by atoms with Gasteiger partial charge in [-0.05, 0) is 56.2 Å². The highest BCUT2D eigenvalue weighted by Gasteiger charge is 2.15. The van der Waals surface area contributed by atoms with E-state index in [2.05, 4.69) is 42.2 Å². The van der Waals surface area contributed by atoms with Gasteiger partial charge in [-0.1, -0.05) is 12.1 Å². The molecule has 0 radical (unpaired) electrons. The van der Waals surface area contributed by atoms with E-state index < -0.39 is 0 Å². The van der Waals surface area contributed by atoms with Crippen LogP contribution in [-0.4, -0.2) is 14.8 Å². The second-order valence-electron chi connectivity index (χ2n) is 4.87. The number of nitrogens with zero attached hydrogens (tertiary/aromatic N) is 2. The van der Waals surface area contributed by atoms with Gasteiger partial charge in [0, 0.05) is 0 Å². The van der Waals surface area contributed by atoms with Gasteiger partial charge in [-0.15, -0.1) is 0 Å². The zero-order valence-electron chi connectivity index (χ0n) is 11.6. The van der Waals surface area contributed by atoms with Crippen molar-refractivity contribution in [2.75, 3.05) is 0 Å². The number of aromatic nitrogens is 3. The van der Waals surface area contributed by atoms with Gasteiger partial charge in [0.2, 0.25) is 0 Å². The molecule has 3 aromatic rings. The largest absolute Gasteiger partial charge is 0.469 e. The SMILES string of the molecule is Cc1ccc(C)c(-n2c(-c3ccoc3C)n[nH]c2=S)c1. The molecule has 4 nitrogen and oxygen atoms in total. The molecule has 1 N–H and O–H groups in total. The molecule has 0 spiro atoms. The first kappa shape index (κ1) is 12.9. The van der Waals surface area contributed by atoms with E-state index in [4.69, 9.17) is 16.6 Å². The fourth-order valence-corrected chi connectivity index (χ4v) is 2.51.